The Morgan fingerprint density at radius 3 is 2.86 bits per heavy atom. The first-order valence-electron chi connectivity index (χ1n) is 8.20. The average molecular weight is 292 g/mol. The fourth-order valence-electron chi connectivity index (χ4n) is 2.72. The predicted octanol–water partition coefficient (Wildman–Crippen LogP) is 2.54. The van der Waals surface area contributed by atoms with Gasteiger partial charge in [0.15, 0.2) is 0 Å². The van der Waals surface area contributed by atoms with E-state index in [4.69, 9.17) is 4.74 Å². The summed E-state index contributed by atoms with van der Waals surface area (Å²) in [5, 5.41) is 3.48. The standard InChI is InChI=1S/C16H28N4O/c1-4-9-20(14-7-6-8-17-12-14)16-18-13(3)11-15(19-16)21-10-5-2/h11,14,17H,4-10,12H2,1-3H3. The highest BCUT2D eigenvalue weighted by Gasteiger charge is 2.23. The molecule has 1 aromatic heterocycles. The molecule has 118 valence electrons. The first kappa shape index (κ1) is 16.0. The number of aryl methyl sites for hydroxylation is 1. The van der Waals surface area contributed by atoms with Crippen LogP contribution in [0.4, 0.5) is 5.95 Å². The molecule has 1 aromatic rings. The van der Waals surface area contributed by atoms with Gasteiger partial charge in [0.05, 0.1) is 6.61 Å². The van der Waals surface area contributed by atoms with Crippen molar-refractivity contribution in [1.29, 1.82) is 0 Å². The molecule has 0 amide bonds. The number of hydrogen-bond donors (Lipinski definition) is 1. The van der Waals surface area contributed by atoms with Crippen molar-refractivity contribution in [2.75, 3.05) is 31.1 Å². The molecule has 1 N–H and O–H groups in total. The van der Waals surface area contributed by atoms with Gasteiger partial charge in [0.25, 0.3) is 0 Å². The van der Waals surface area contributed by atoms with E-state index in [-0.39, 0.29) is 0 Å². The maximum Gasteiger partial charge on any atom is 0.229 e. The summed E-state index contributed by atoms with van der Waals surface area (Å²) in [5.74, 6) is 1.51. The number of nitrogens with zero attached hydrogens (tertiary/aromatic N) is 3. The Morgan fingerprint density at radius 1 is 1.33 bits per heavy atom. The van der Waals surface area contributed by atoms with E-state index in [1.54, 1.807) is 0 Å². The molecule has 1 aliphatic rings. The Bertz CT molecular complexity index is 432. The zero-order valence-electron chi connectivity index (χ0n) is 13.6. The average Bonchev–Trinajstić information content (AvgIpc) is 2.51. The van der Waals surface area contributed by atoms with Gasteiger partial charge in [0.1, 0.15) is 0 Å². The fourth-order valence-corrected chi connectivity index (χ4v) is 2.72. The summed E-state index contributed by atoms with van der Waals surface area (Å²) < 4.78 is 5.70. The molecule has 21 heavy (non-hydrogen) atoms. The molecule has 1 unspecified atom stereocenters. The summed E-state index contributed by atoms with van der Waals surface area (Å²) in [7, 11) is 0. The normalized spacial score (nSPS) is 18.5. The van der Waals surface area contributed by atoms with Gasteiger partial charge in [-0.3, -0.25) is 0 Å². The SMILES string of the molecule is CCCOc1cc(C)nc(N(CCC)C2CCCNC2)n1. The topological polar surface area (TPSA) is 50.3 Å². The van der Waals surface area contributed by atoms with Crippen LogP contribution in [0.3, 0.4) is 0 Å². The van der Waals surface area contributed by atoms with Crippen LogP contribution >= 0.6 is 0 Å². The van der Waals surface area contributed by atoms with Crippen LogP contribution in [0.25, 0.3) is 0 Å². The summed E-state index contributed by atoms with van der Waals surface area (Å²) in [5.41, 5.74) is 0.968. The lowest BCUT2D eigenvalue weighted by molar-refractivity contribution is 0.304. The highest BCUT2D eigenvalue weighted by molar-refractivity contribution is 5.36. The molecule has 1 fully saturated rings. The van der Waals surface area contributed by atoms with Gasteiger partial charge < -0.3 is 15.0 Å². The minimum atomic E-state index is 0.486. The minimum absolute atomic E-state index is 0.486. The van der Waals surface area contributed by atoms with Crippen molar-refractivity contribution in [2.24, 2.45) is 0 Å². The van der Waals surface area contributed by atoms with Crippen molar-refractivity contribution in [2.45, 2.75) is 52.5 Å². The van der Waals surface area contributed by atoms with E-state index in [2.05, 4.69) is 34.0 Å². The van der Waals surface area contributed by atoms with E-state index in [1.165, 1.54) is 12.8 Å². The number of rotatable bonds is 7. The third-order valence-electron chi connectivity index (χ3n) is 3.71. The number of nitrogens with one attached hydrogen (secondary N) is 1. The van der Waals surface area contributed by atoms with Crippen LogP contribution in [0.15, 0.2) is 6.07 Å². The number of anilines is 1. The van der Waals surface area contributed by atoms with Gasteiger partial charge >= 0.3 is 0 Å². The van der Waals surface area contributed by atoms with Crippen LogP contribution in [-0.4, -0.2) is 42.3 Å². The summed E-state index contributed by atoms with van der Waals surface area (Å²) in [6, 6.07) is 2.40. The molecule has 0 aromatic carbocycles. The van der Waals surface area contributed by atoms with Gasteiger partial charge in [0, 0.05) is 30.9 Å². The molecular weight excluding hydrogens is 264 g/mol. The maximum atomic E-state index is 5.70. The van der Waals surface area contributed by atoms with Crippen molar-refractivity contribution in [3.8, 4) is 5.88 Å². The Labute approximate surface area is 128 Å². The molecule has 0 spiro atoms. The van der Waals surface area contributed by atoms with E-state index in [0.29, 0.717) is 18.5 Å². The Kier molecular flexibility index (Phi) is 6.23. The van der Waals surface area contributed by atoms with Gasteiger partial charge in [0.2, 0.25) is 11.8 Å². The van der Waals surface area contributed by atoms with Crippen LogP contribution in [0.2, 0.25) is 0 Å². The zero-order chi connectivity index (χ0) is 15.1. The molecule has 1 saturated heterocycles. The Balaban J connectivity index is 2.19. The second kappa shape index (κ2) is 8.17. The summed E-state index contributed by atoms with van der Waals surface area (Å²) in [6.45, 7) is 10.1. The monoisotopic (exact) mass is 292 g/mol. The van der Waals surface area contributed by atoms with Crippen LogP contribution in [-0.2, 0) is 0 Å². The van der Waals surface area contributed by atoms with Crippen molar-refractivity contribution in [3.05, 3.63) is 11.8 Å². The highest BCUT2D eigenvalue weighted by atomic mass is 16.5. The number of ether oxygens (including phenoxy) is 1. The largest absolute Gasteiger partial charge is 0.478 e. The van der Waals surface area contributed by atoms with Crippen molar-refractivity contribution < 1.29 is 4.74 Å². The van der Waals surface area contributed by atoms with Gasteiger partial charge in [-0.2, -0.15) is 4.98 Å². The quantitative estimate of drug-likeness (QED) is 0.837. The third-order valence-corrected chi connectivity index (χ3v) is 3.71. The van der Waals surface area contributed by atoms with E-state index >= 15 is 0 Å². The zero-order valence-corrected chi connectivity index (χ0v) is 13.6. The van der Waals surface area contributed by atoms with Crippen molar-refractivity contribution in [1.82, 2.24) is 15.3 Å². The summed E-state index contributed by atoms with van der Waals surface area (Å²) >= 11 is 0. The molecule has 0 radical (unpaired) electrons. The molecule has 2 rings (SSSR count). The van der Waals surface area contributed by atoms with Crippen molar-refractivity contribution in [3.63, 3.8) is 0 Å². The lowest BCUT2D eigenvalue weighted by Gasteiger charge is -2.34. The Hall–Kier alpha value is -1.36. The summed E-state index contributed by atoms with van der Waals surface area (Å²) in [4.78, 5) is 11.6. The predicted molar refractivity (Wildman–Crippen MR) is 86.1 cm³/mol. The third kappa shape index (κ3) is 4.56. The minimum Gasteiger partial charge on any atom is -0.478 e. The van der Waals surface area contributed by atoms with E-state index < -0.39 is 0 Å². The van der Waals surface area contributed by atoms with E-state index in [9.17, 15) is 0 Å². The van der Waals surface area contributed by atoms with E-state index in [0.717, 1.165) is 44.1 Å². The van der Waals surface area contributed by atoms with Crippen LogP contribution < -0.4 is 15.0 Å². The van der Waals surface area contributed by atoms with Gasteiger partial charge in [-0.1, -0.05) is 13.8 Å². The molecule has 0 bridgehead atoms. The smallest absolute Gasteiger partial charge is 0.229 e. The Morgan fingerprint density at radius 2 is 2.19 bits per heavy atom. The molecule has 1 aliphatic heterocycles. The number of aromatic nitrogens is 2. The van der Waals surface area contributed by atoms with Gasteiger partial charge in [-0.15, -0.1) is 0 Å². The molecule has 0 saturated carbocycles. The lowest BCUT2D eigenvalue weighted by atomic mass is 10.1. The molecular formula is C16H28N4O. The molecule has 5 heteroatoms. The number of piperidine rings is 1. The van der Waals surface area contributed by atoms with Crippen LogP contribution in [0.1, 0.15) is 45.2 Å². The van der Waals surface area contributed by atoms with Crippen LogP contribution in [0.5, 0.6) is 5.88 Å². The molecule has 2 heterocycles. The maximum absolute atomic E-state index is 5.70. The first-order valence-corrected chi connectivity index (χ1v) is 8.20. The molecule has 0 aliphatic carbocycles. The van der Waals surface area contributed by atoms with Crippen molar-refractivity contribution >= 4 is 5.95 Å². The molecule has 5 nitrogen and oxygen atoms in total. The second-order valence-corrected chi connectivity index (χ2v) is 5.69. The van der Waals surface area contributed by atoms with Gasteiger partial charge in [-0.05, 0) is 39.2 Å². The number of hydrogen-bond acceptors (Lipinski definition) is 5. The fraction of sp³-hybridized carbons (Fsp3) is 0.750. The molecule has 1 atom stereocenters. The first-order chi connectivity index (χ1) is 10.2. The second-order valence-electron chi connectivity index (χ2n) is 5.69. The lowest BCUT2D eigenvalue weighted by Crippen LogP contribution is -2.47. The van der Waals surface area contributed by atoms with Gasteiger partial charge in [-0.25, -0.2) is 4.98 Å². The van der Waals surface area contributed by atoms with Crippen LogP contribution in [0, 0.1) is 6.92 Å². The highest BCUT2D eigenvalue weighted by Crippen LogP contribution is 2.21. The van der Waals surface area contributed by atoms with E-state index in [1.807, 2.05) is 13.0 Å². The summed E-state index contributed by atoms with van der Waals surface area (Å²) in [6.07, 6.45) is 4.51.